The van der Waals surface area contributed by atoms with Crippen molar-refractivity contribution in [3.63, 3.8) is 0 Å². The number of carbonyl (C=O) groups is 2. The predicted molar refractivity (Wildman–Crippen MR) is 198 cm³/mol. The molecule has 4 aromatic heterocycles. The monoisotopic (exact) mass is 866 g/mol. The van der Waals surface area contributed by atoms with Crippen molar-refractivity contribution in [2.24, 2.45) is 7.05 Å². The topological polar surface area (TPSA) is 239 Å². The van der Waals surface area contributed by atoms with Crippen molar-refractivity contribution in [1.29, 1.82) is 0 Å². The summed E-state index contributed by atoms with van der Waals surface area (Å²) in [6.45, 7) is 0. The van der Waals surface area contributed by atoms with E-state index >= 15 is 0 Å². The van der Waals surface area contributed by atoms with Crippen LogP contribution in [0.3, 0.4) is 0 Å². The molecule has 0 aliphatic carbocycles. The zero-order chi connectivity index (χ0) is 42.0. The second-order valence-corrected chi connectivity index (χ2v) is 15.8. The third-order valence-electron chi connectivity index (χ3n) is 7.49. The smallest absolute Gasteiger partial charge is 0.433 e. The number of thiophene rings is 1. The molecule has 0 atom stereocenters. The number of methoxy groups -OCH3 is 2. The summed E-state index contributed by atoms with van der Waals surface area (Å²) in [7, 11) is -5.07. The first-order valence-electron chi connectivity index (χ1n) is 15.9. The van der Waals surface area contributed by atoms with Gasteiger partial charge in [-0.1, -0.05) is 12.1 Å². The van der Waals surface area contributed by atoms with Crippen molar-refractivity contribution in [3.05, 3.63) is 90.4 Å². The Hall–Kier alpha value is -6.73. The number of aromatic nitrogens is 6. The van der Waals surface area contributed by atoms with Crippen LogP contribution in [0.4, 0.5) is 39.0 Å². The van der Waals surface area contributed by atoms with E-state index in [4.69, 9.17) is 8.37 Å². The Morgan fingerprint density at radius 1 is 0.759 bits per heavy atom. The fourth-order valence-electron chi connectivity index (χ4n) is 4.92. The molecule has 0 aliphatic heterocycles. The molecule has 25 heteroatoms. The number of H-pyrrole nitrogens is 2. The number of fused-ring (bicyclic) bond motifs is 2. The molecule has 0 unspecified atom stereocenters. The van der Waals surface area contributed by atoms with Crippen LogP contribution in [-0.2, 0) is 42.9 Å². The van der Waals surface area contributed by atoms with Gasteiger partial charge in [-0.15, -0.1) is 11.3 Å². The lowest BCUT2D eigenvalue weighted by atomic mass is 10.3. The number of halogens is 4. The summed E-state index contributed by atoms with van der Waals surface area (Å²) in [5.74, 6) is -0.796. The summed E-state index contributed by atoms with van der Waals surface area (Å²) in [5.41, 5.74) is 0.712. The Labute approximate surface area is 328 Å². The Morgan fingerprint density at radius 3 is 1.79 bits per heavy atom. The lowest BCUT2D eigenvalue weighted by Gasteiger charge is -2.07. The number of aromatic amines is 2. The molecule has 0 saturated heterocycles. The van der Waals surface area contributed by atoms with Crippen molar-refractivity contribution in [2.45, 2.75) is 15.3 Å². The molecule has 58 heavy (non-hydrogen) atoms. The number of imidazole rings is 2. The minimum absolute atomic E-state index is 0.0140. The van der Waals surface area contributed by atoms with Crippen LogP contribution in [0.25, 0.3) is 32.6 Å². The Balaban J connectivity index is 0.000000203. The van der Waals surface area contributed by atoms with Crippen LogP contribution >= 0.6 is 11.3 Å². The van der Waals surface area contributed by atoms with Gasteiger partial charge in [0.15, 0.2) is 4.21 Å². The number of carbonyl (C=O) groups excluding carboxylic acids is 2. The van der Waals surface area contributed by atoms with Crippen LogP contribution in [0, 0.1) is 5.82 Å². The zero-order valence-corrected chi connectivity index (χ0v) is 32.1. The van der Waals surface area contributed by atoms with Crippen LogP contribution in [0.2, 0.25) is 0 Å². The van der Waals surface area contributed by atoms with E-state index < -0.39 is 55.0 Å². The normalized spacial score (nSPS) is 11.8. The molecule has 3 aromatic carbocycles. The number of ether oxygens (including phenoxy) is 2. The molecule has 4 N–H and O–H groups in total. The largest absolute Gasteiger partial charge is 0.453 e. The molecule has 304 valence electrons. The van der Waals surface area contributed by atoms with Gasteiger partial charge in [0.25, 0.3) is 0 Å². The first-order chi connectivity index (χ1) is 27.3. The molecule has 0 radical (unpaired) electrons. The molecular formula is C33H26F4N8O10S3. The van der Waals surface area contributed by atoms with E-state index in [1.165, 1.54) is 74.9 Å². The summed E-state index contributed by atoms with van der Waals surface area (Å²) in [6.07, 6.45) is -6.04. The average molecular weight is 867 g/mol. The summed E-state index contributed by atoms with van der Waals surface area (Å²) < 4.78 is 122. The summed E-state index contributed by atoms with van der Waals surface area (Å²) in [6, 6.07) is 16.8. The first kappa shape index (κ1) is 40.9. The van der Waals surface area contributed by atoms with Crippen LogP contribution in [0.1, 0.15) is 5.69 Å². The zero-order valence-electron chi connectivity index (χ0n) is 29.6. The molecule has 0 bridgehead atoms. The highest BCUT2D eigenvalue weighted by Crippen LogP contribution is 2.36. The second kappa shape index (κ2) is 16.0. The molecule has 0 saturated carbocycles. The Morgan fingerprint density at radius 2 is 1.29 bits per heavy atom. The molecule has 0 fully saturated rings. The summed E-state index contributed by atoms with van der Waals surface area (Å²) in [5, 5.41) is 8.50. The van der Waals surface area contributed by atoms with E-state index in [0.717, 1.165) is 36.6 Å². The SMILES string of the molecule is COC(=O)Nc1nc2cc(OS(=O)(=O)c3ccc(-c4cc(C(F)(F)F)n(C)n4)s3)ccc2[nH]1.COC(=O)Nc1nc2cc(OS(=O)(=O)c3ccccc3F)ccc2[nH]1. The van der Waals surface area contributed by atoms with Gasteiger partial charge in [-0.05, 0) is 54.6 Å². The van der Waals surface area contributed by atoms with E-state index in [2.05, 4.69) is 45.1 Å². The Bertz CT molecular complexity index is 2890. The maximum absolute atomic E-state index is 13.7. The van der Waals surface area contributed by atoms with Crippen molar-refractivity contribution in [3.8, 4) is 22.1 Å². The van der Waals surface area contributed by atoms with Crippen LogP contribution in [0.15, 0.2) is 88.0 Å². The minimum Gasteiger partial charge on any atom is -0.453 e. The number of amides is 2. The van der Waals surface area contributed by atoms with Gasteiger partial charge < -0.3 is 27.8 Å². The maximum atomic E-state index is 13.7. The third kappa shape index (κ3) is 9.27. The van der Waals surface area contributed by atoms with Gasteiger partial charge in [0.2, 0.25) is 11.9 Å². The molecule has 7 aromatic rings. The van der Waals surface area contributed by atoms with E-state index in [0.29, 0.717) is 26.7 Å². The fraction of sp³-hybridized carbons (Fsp3) is 0.121. The number of rotatable bonds is 9. The highest BCUT2D eigenvalue weighted by molar-refractivity contribution is 7.89. The highest BCUT2D eigenvalue weighted by atomic mass is 32.3. The van der Waals surface area contributed by atoms with Gasteiger partial charge in [-0.3, -0.25) is 15.3 Å². The summed E-state index contributed by atoms with van der Waals surface area (Å²) in [4.78, 5) is 35.9. The number of aryl methyl sites for hydroxylation is 1. The van der Waals surface area contributed by atoms with Crippen molar-refractivity contribution in [1.82, 2.24) is 29.7 Å². The standard InChI is InChI=1S/C18H14F3N5O5S2.C15H12FN3O5S/c1-26-14(18(19,20)21)8-12(25-26)13-5-6-15(32-13)33(28,29)31-9-3-4-10-11(7-9)23-16(22-10)24-17(27)30-2;1-23-15(20)19-14-17-11-7-6-9(8-12(11)18-14)24-25(21,22)13-5-3-2-4-10(13)16/h3-8H,1-2H3,(H2,22,23,24,27);2-8H,1H3,(H2,17,18,19,20). The van der Waals surface area contributed by atoms with Gasteiger partial charge in [0.1, 0.15) is 33.6 Å². The number of hydrogen-bond donors (Lipinski definition) is 4. The molecule has 7 rings (SSSR count). The maximum Gasteiger partial charge on any atom is 0.433 e. The van der Waals surface area contributed by atoms with Crippen molar-refractivity contribution in [2.75, 3.05) is 24.9 Å². The minimum atomic E-state index is -4.59. The number of benzene rings is 3. The van der Waals surface area contributed by atoms with Gasteiger partial charge in [0, 0.05) is 19.2 Å². The Kier molecular flexibility index (Phi) is 11.3. The molecule has 18 nitrogen and oxygen atoms in total. The summed E-state index contributed by atoms with van der Waals surface area (Å²) >= 11 is 0.723. The predicted octanol–water partition coefficient (Wildman–Crippen LogP) is 6.64. The van der Waals surface area contributed by atoms with Gasteiger partial charge >= 0.3 is 38.6 Å². The number of hydrogen-bond acceptors (Lipinski definition) is 14. The second-order valence-electron chi connectivity index (χ2n) is 11.4. The van der Waals surface area contributed by atoms with E-state index in [-0.39, 0.29) is 38.2 Å². The molecule has 2 amide bonds. The van der Waals surface area contributed by atoms with Crippen molar-refractivity contribution >= 4 is 77.7 Å². The van der Waals surface area contributed by atoms with E-state index in [1.807, 2.05) is 0 Å². The average Bonchev–Trinajstić information content (AvgIpc) is 3.96. The molecule has 0 spiro atoms. The van der Waals surface area contributed by atoms with E-state index in [9.17, 15) is 44.0 Å². The number of nitrogens with zero attached hydrogens (tertiary/aromatic N) is 4. The molecule has 4 heterocycles. The third-order valence-corrected chi connectivity index (χ3v) is 11.6. The van der Waals surface area contributed by atoms with Crippen molar-refractivity contribution < 1.29 is 61.8 Å². The van der Waals surface area contributed by atoms with E-state index in [1.54, 1.807) is 0 Å². The van der Waals surface area contributed by atoms with Gasteiger partial charge in [0.05, 0.1) is 41.2 Å². The molecule has 0 aliphatic rings. The fourth-order valence-corrected chi connectivity index (χ4v) is 8.07. The molecular weight excluding hydrogens is 841 g/mol. The van der Waals surface area contributed by atoms with Crippen LogP contribution in [-0.4, -0.2) is 73.0 Å². The van der Waals surface area contributed by atoms with Crippen LogP contribution in [0.5, 0.6) is 11.5 Å². The lowest BCUT2D eigenvalue weighted by Crippen LogP contribution is -2.11. The number of alkyl halides is 3. The van der Waals surface area contributed by atoms with Gasteiger partial charge in [-0.2, -0.15) is 35.1 Å². The quantitative estimate of drug-likeness (QED) is 0.0881. The van der Waals surface area contributed by atoms with Crippen LogP contribution < -0.4 is 19.0 Å². The van der Waals surface area contributed by atoms with Gasteiger partial charge in [-0.25, -0.2) is 23.9 Å². The number of nitrogens with one attached hydrogen (secondary N) is 4. The lowest BCUT2D eigenvalue weighted by molar-refractivity contribution is -0.143. The number of anilines is 2. The first-order valence-corrected chi connectivity index (χ1v) is 19.5. The highest BCUT2D eigenvalue weighted by Gasteiger charge is 2.35.